The van der Waals surface area contributed by atoms with Crippen molar-refractivity contribution in [1.82, 2.24) is 4.31 Å². The van der Waals surface area contributed by atoms with Crippen LogP contribution in [0.5, 0.6) is 0 Å². The Morgan fingerprint density at radius 3 is 2.17 bits per heavy atom. The fourth-order valence-corrected chi connectivity index (χ4v) is 7.05. The molecule has 0 N–H and O–H groups in total. The van der Waals surface area contributed by atoms with Gasteiger partial charge in [0.25, 0.3) is 0 Å². The molecule has 190 valence electrons. The molecule has 0 amide bonds. The van der Waals surface area contributed by atoms with E-state index in [4.69, 9.17) is 0 Å². The van der Waals surface area contributed by atoms with Crippen molar-refractivity contribution in [2.24, 2.45) is 0 Å². The summed E-state index contributed by atoms with van der Waals surface area (Å²) in [6, 6.07) is 18.1. The minimum absolute atomic E-state index is 0.0909. The van der Waals surface area contributed by atoms with Crippen molar-refractivity contribution >= 4 is 47.2 Å². The summed E-state index contributed by atoms with van der Waals surface area (Å²) in [6.07, 6.45) is -1.90. The summed E-state index contributed by atoms with van der Waals surface area (Å²) in [7, 11) is -10.5. The van der Waals surface area contributed by atoms with Crippen LogP contribution in [0.15, 0.2) is 88.7 Å². The third kappa shape index (κ3) is 4.58. The highest BCUT2D eigenvalue weighted by molar-refractivity contribution is 9.10. The lowest BCUT2D eigenvalue weighted by molar-refractivity contribution is -0.0441. The second kappa shape index (κ2) is 9.33. The number of halogens is 4. The monoisotopic (exact) mass is 600 g/mol. The number of nitrogens with zero attached hydrogens (tertiary/aromatic N) is 2. The molecule has 0 saturated heterocycles. The van der Waals surface area contributed by atoms with Crippen LogP contribution in [-0.2, 0) is 26.6 Å². The number of sulfonamides is 2. The van der Waals surface area contributed by atoms with Gasteiger partial charge in [0.15, 0.2) is 0 Å². The molecule has 0 bridgehead atoms. The average Bonchev–Trinajstić information content (AvgIpc) is 3.09. The zero-order valence-electron chi connectivity index (χ0n) is 18.8. The van der Waals surface area contributed by atoms with Gasteiger partial charge in [-0.2, -0.15) is 25.9 Å². The van der Waals surface area contributed by atoms with Gasteiger partial charge in [-0.15, -0.1) is 0 Å². The molecule has 3 aromatic rings. The highest BCUT2D eigenvalue weighted by atomic mass is 79.9. The van der Waals surface area contributed by atoms with Crippen LogP contribution < -0.4 is 4.31 Å². The van der Waals surface area contributed by atoms with Gasteiger partial charge >= 0.3 is 15.5 Å². The molecule has 12 heteroatoms. The number of alkyl halides is 3. The first kappa shape index (κ1) is 26.4. The lowest BCUT2D eigenvalue weighted by atomic mass is 10.1. The lowest BCUT2D eigenvalue weighted by Gasteiger charge is -2.35. The van der Waals surface area contributed by atoms with Crippen LogP contribution in [0.3, 0.4) is 0 Å². The quantitative estimate of drug-likeness (QED) is 0.366. The Bertz CT molecular complexity index is 1530. The third-order valence-corrected chi connectivity index (χ3v) is 9.52. The van der Waals surface area contributed by atoms with Crippen LogP contribution in [0.2, 0.25) is 0 Å². The van der Waals surface area contributed by atoms with Crippen molar-refractivity contribution < 1.29 is 30.0 Å². The van der Waals surface area contributed by atoms with E-state index in [-0.39, 0.29) is 26.0 Å². The molecule has 6 nitrogen and oxygen atoms in total. The first-order chi connectivity index (χ1) is 16.7. The molecule has 4 rings (SSSR count). The van der Waals surface area contributed by atoms with E-state index in [1.807, 2.05) is 0 Å². The minimum atomic E-state index is -6.03. The zero-order chi connectivity index (χ0) is 26.5. The van der Waals surface area contributed by atoms with Crippen molar-refractivity contribution in [3.63, 3.8) is 0 Å². The van der Waals surface area contributed by atoms with E-state index in [9.17, 15) is 30.0 Å². The Hall–Kier alpha value is -2.67. The Balaban J connectivity index is 1.98. The van der Waals surface area contributed by atoms with Gasteiger partial charge < -0.3 is 0 Å². The van der Waals surface area contributed by atoms with Gasteiger partial charge in [0.2, 0.25) is 10.0 Å². The molecule has 0 spiro atoms. The zero-order valence-corrected chi connectivity index (χ0v) is 22.0. The van der Waals surface area contributed by atoms with Gasteiger partial charge in [0.05, 0.1) is 10.6 Å². The fraction of sp³-hybridized carbons (Fsp3) is 0.167. The van der Waals surface area contributed by atoms with Gasteiger partial charge in [-0.05, 0) is 42.3 Å². The minimum Gasteiger partial charge on any atom is -0.240 e. The molecule has 1 aliphatic rings. The van der Waals surface area contributed by atoms with E-state index < -0.39 is 38.3 Å². The van der Waals surface area contributed by atoms with E-state index in [1.165, 1.54) is 30.3 Å². The summed E-state index contributed by atoms with van der Waals surface area (Å²) in [5, 5.41) is 0. The van der Waals surface area contributed by atoms with Gasteiger partial charge in [0, 0.05) is 16.6 Å². The average molecular weight is 601 g/mol. The molecule has 0 radical (unpaired) electrons. The first-order valence-corrected chi connectivity index (χ1v) is 14.1. The second-order valence-electron chi connectivity index (χ2n) is 8.16. The van der Waals surface area contributed by atoms with Crippen molar-refractivity contribution in [1.29, 1.82) is 0 Å². The van der Waals surface area contributed by atoms with E-state index >= 15 is 0 Å². The Labute approximate surface area is 215 Å². The maximum absolute atomic E-state index is 13.9. The van der Waals surface area contributed by atoms with Crippen molar-refractivity contribution in [2.75, 3.05) is 4.31 Å². The van der Waals surface area contributed by atoms with Crippen molar-refractivity contribution in [3.8, 4) is 0 Å². The topological polar surface area (TPSA) is 74.8 Å². The number of rotatable bonds is 6. The molecular weight excluding hydrogens is 581 g/mol. The molecule has 36 heavy (non-hydrogen) atoms. The predicted octanol–water partition coefficient (Wildman–Crippen LogP) is 5.66. The highest BCUT2D eigenvalue weighted by Crippen LogP contribution is 2.48. The van der Waals surface area contributed by atoms with E-state index in [1.54, 1.807) is 49.4 Å². The number of hydrogen-bond donors (Lipinski definition) is 0. The Morgan fingerprint density at radius 2 is 1.58 bits per heavy atom. The number of benzene rings is 3. The first-order valence-electron chi connectivity index (χ1n) is 10.5. The standard InChI is InChI=1S/C24H20BrF3N2O4S2/c1-16-8-11-20(12-9-16)35(31,32)29(15-18-6-4-3-5-7-18)23-17(2)21-13-10-19(25)14-22(21)30(23)36(33,34)24(26,27)28/h3-14,23H,2,15H2,1H3/t23-/m1/s1. The van der Waals surface area contributed by atoms with Crippen LogP contribution in [0.25, 0.3) is 5.57 Å². The van der Waals surface area contributed by atoms with Crippen molar-refractivity contribution in [3.05, 3.63) is 101 Å². The largest absolute Gasteiger partial charge is 0.516 e. The second-order valence-corrected chi connectivity index (χ2v) is 12.8. The number of hydrogen-bond acceptors (Lipinski definition) is 4. The molecule has 0 aliphatic carbocycles. The summed E-state index contributed by atoms with van der Waals surface area (Å²) in [5.41, 5.74) is -4.81. The molecule has 0 unspecified atom stereocenters. The molecule has 1 heterocycles. The molecular formula is C24H20BrF3N2O4S2. The molecule has 0 aromatic heterocycles. The summed E-state index contributed by atoms with van der Waals surface area (Å²) in [6.45, 7) is 5.19. The van der Waals surface area contributed by atoms with E-state index in [2.05, 4.69) is 22.5 Å². The normalized spacial score (nSPS) is 16.4. The summed E-state index contributed by atoms with van der Waals surface area (Å²) < 4.78 is 96.4. The number of aryl methyl sites for hydroxylation is 1. The Kier molecular flexibility index (Phi) is 6.84. The number of anilines is 1. The smallest absolute Gasteiger partial charge is 0.240 e. The summed E-state index contributed by atoms with van der Waals surface area (Å²) in [4.78, 5) is -0.196. The molecule has 1 atom stereocenters. The molecule has 1 aliphatic heterocycles. The van der Waals surface area contributed by atoms with Crippen LogP contribution in [-0.4, -0.2) is 32.8 Å². The summed E-state index contributed by atoms with van der Waals surface area (Å²) >= 11 is 3.16. The van der Waals surface area contributed by atoms with Crippen LogP contribution in [0.1, 0.15) is 16.7 Å². The van der Waals surface area contributed by atoms with E-state index in [0.29, 0.717) is 10.0 Å². The predicted molar refractivity (Wildman–Crippen MR) is 135 cm³/mol. The van der Waals surface area contributed by atoms with Crippen molar-refractivity contribution in [2.45, 2.75) is 30.0 Å². The van der Waals surface area contributed by atoms with Gasteiger partial charge in [-0.25, -0.2) is 12.7 Å². The maximum Gasteiger partial charge on any atom is 0.516 e. The van der Waals surface area contributed by atoms with Crippen LogP contribution >= 0.6 is 15.9 Å². The fourth-order valence-electron chi connectivity index (χ4n) is 3.95. The maximum atomic E-state index is 13.9. The SMILES string of the molecule is C=C1c2ccc(Br)cc2N(S(=O)(=O)C(F)(F)F)[C@H]1N(Cc1ccccc1)S(=O)(=O)c1ccc(C)cc1. The molecule has 3 aromatic carbocycles. The highest BCUT2D eigenvalue weighted by Gasteiger charge is 2.57. The van der Waals surface area contributed by atoms with Gasteiger partial charge in [-0.1, -0.05) is 76.6 Å². The van der Waals surface area contributed by atoms with E-state index in [0.717, 1.165) is 9.87 Å². The van der Waals surface area contributed by atoms with Crippen LogP contribution in [0, 0.1) is 6.92 Å². The summed E-state index contributed by atoms with van der Waals surface area (Å²) in [5.74, 6) is 0. The lowest BCUT2D eigenvalue weighted by Crippen LogP contribution is -2.53. The molecule has 0 fully saturated rings. The Morgan fingerprint density at radius 1 is 0.972 bits per heavy atom. The number of fused-ring (bicyclic) bond motifs is 1. The van der Waals surface area contributed by atoms with Crippen LogP contribution in [0.4, 0.5) is 18.9 Å². The third-order valence-electron chi connectivity index (χ3n) is 5.71. The molecule has 0 saturated carbocycles. The van der Waals surface area contributed by atoms with Gasteiger partial charge in [0.1, 0.15) is 6.17 Å². The van der Waals surface area contributed by atoms with Gasteiger partial charge in [-0.3, -0.25) is 0 Å².